The zero-order valence-corrected chi connectivity index (χ0v) is 10.9. The maximum atomic E-state index is 10.9. The van der Waals surface area contributed by atoms with Crippen molar-refractivity contribution >= 4 is 16.6 Å². The Balaban J connectivity index is 2.36. The molecule has 2 aromatic rings. The molecule has 4 N–H and O–H groups in total. The van der Waals surface area contributed by atoms with Crippen molar-refractivity contribution < 1.29 is 15.1 Å². The summed E-state index contributed by atoms with van der Waals surface area (Å²) in [6, 6.07) is 4.48. The van der Waals surface area contributed by atoms with Gasteiger partial charge >= 0.3 is 0 Å². The molecule has 0 fully saturated rings. The number of nitro benzene ring substituents is 1. The van der Waals surface area contributed by atoms with Crippen LogP contribution in [0.3, 0.4) is 0 Å². The van der Waals surface area contributed by atoms with Gasteiger partial charge < -0.3 is 15.5 Å². The Morgan fingerprint density at radius 1 is 1.50 bits per heavy atom. The number of hydrogen-bond donors (Lipinski definition) is 4. The smallest absolute Gasteiger partial charge is 0.297 e. The third-order valence-electron chi connectivity index (χ3n) is 3.14. The van der Waals surface area contributed by atoms with E-state index in [0.717, 1.165) is 0 Å². The van der Waals surface area contributed by atoms with E-state index in [-0.39, 0.29) is 16.9 Å². The quantitative estimate of drug-likeness (QED) is 0.450. The summed E-state index contributed by atoms with van der Waals surface area (Å²) in [6.45, 7) is 0.546. The number of aliphatic hydroxyl groups is 2. The van der Waals surface area contributed by atoms with Gasteiger partial charge in [-0.25, -0.2) is 0 Å². The number of nitrogens with one attached hydrogen (secondary N) is 2. The summed E-state index contributed by atoms with van der Waals surface area (Å²) in [5, 5.41) is 40.7. The maximum Gasteiger partial charge on any atom is 0.297 e. The topological polar surface area (TPSA) is 124 Å². The van der Waals surface area contributed by atoms with Crippen LogP contribution in [0.1, 0.15) is 18.2 Å². The van der Waals surface area contributed by atoms with Crippen LogP contribution in [0.4, 0.5) is 5.69 Å². The third-order valence-corrected chi connectivity index (χ3v) is 3.14. The van der Waals surface area contributed by atoms with Gasteiger partial charge in [-0.1, -0.05) is 12.1 Å². The molecule has 20 heavy (non-hydrogen) atoms. The molecule has 0 bridgehead atoms. The molecular weight excluding hydrogens is 264 g/mol. The Morgan fingerprint density at radius 3 is 2.90 bits per heavy atom. The Labute approximate surface area is 114 Å². The number of nitro groups is 1. The van der Waals surface area contributed by atoms with Crippen molar-refractivity contribution in [1.82, 2.24) is 15.5 Å². The van der Waals surface area contributed by atoms with Gasteiger partial charge in [-0.05, 0) is 20.0 Å². The van der Waals surface area contributed by atoms with Crippen molar-refractivity contribution in [2.24, 2.45) is 0 Å². The molecule has 0 spiro atoms. The second-order valence-electron chi connectivity index (χ2n) is 4.47. The largest absolute Gasteiger partial charge is 0.390 e. The number of para-hydroxylation sites is 1. The molecule has 108 valence electrons. The average Bonchev–Trinajstić information content (AvgIpc) is 2.87. The first kappa shape index (κ1) is 14.4. The highest BCUT2D eigenvalue weighted by molar-refractivity contribution is 5.89. The van der Waals surface area contributed by atoms with Crippen LogP contribution in [0.25, 0.3) is 10.9 Å². The molecule has 1 aromatic carbocycles. The molecule has 0 aliphatic rings. The molecule has 1 aromatic heterocycles. The number of H-pyrrole nitrogens is 1. The van der Waals surface area contributed by atoms with Gasteiger partial charge in [0.25, 0.3) is 5.69 Å². The summed E-state index contributed by atoms with van der Waals surface area (Å²) in [5.74, 6) is 0. The Hall–Kier alpha value is -2.03. The number of rotatable bonds is 6. The van der Waals surface area contributed by atoms with E-state index in [1.165, 1.54) is 12.1 Å². The monoisotopic (exact) mass is 280 g/mol. The first-order chi connectivity index (χ1) is 9.56. The van der Waals surface area contributed by atoms with Crippen molar-refractivity contribution in [3.05, 3.63) is 34.0 Å². The predicted octanol–water partition coefficient (Wildman–Crippen LogP) is 0.475. The number of non-ortho nitro benzene ring substituents is 1. The van der Waals surface area contributed by atoms with Crippen LogP contribution in [-0.2, 0) is 0 Å². The summed E-state index contributed by atoms with van der Waals surface area (Å²) in [6.07, 6.45) is -1.80. The molecule has 2 atom stereocenters. The van der Waals surface area contributed by atoms with Gasteiger partial charge in [-0.2, -0.15) is 5.10 Å². The average molecular weight is 280 g/mol. The van der Waals surface area contributed by atoms with Crippen LogP contribution in [0.2, 0.25) is 0 Å². The van der Waals surface area contributed by atoms with Gasteiger partial charge in [-0.15, -0.1) is 0 Å². The zero-order valence-electron chi connectivity index (χ0n) is 10.9. The fraction of sp³-hybridized carbons (Fsp3) is 0.417. The zero-order chi connectivity index (χ0) is 14.7. The van der Waals surface area contributed by atoms with Crippen LogP contribution in [0, 0.1) is 10.1 Å². The molecule has 2 unspecified atom stereocenters. The van der Waals surface area contributed by atoms with E-state index >= 15 is 0 Å². The number of hydrogen-bond acceptors (Lipinski definition) is 6. The van der Waals surface area contributed by atoms with Crippen LogP contribution >= 0.6 is 0 Å². The van der Waals surface area contributed by atoms with Gasteiger partial charge in [0, 0.05) is 11.5 Å². The lowest BCUT2D eigenvalue weighted by Gasteiger charge is -2.16. The van der Waals surface area contributed by atoms with Crippen LogP contribution < -0.4 is 5.32 Å². The highest BCUT2D eigenvalue weighted by Crippen LogP contribution is 2.30. The molecule has 8 nitrogen and oxygen atoms in total. The molecule has 0 aliphatic carbocycles. The molecule has 2 rings (SSSR count). The van der Waals surface area contributed by atoms with Crippen molar-refractivity contribution in [2.75, 3.05) is 13.6 Å². The lowest BCUT2D eigenvalue weighted by molar-refractivity contribution is -0.383. The SMILES string of the molecule is CNCCC(O)C(O)c1[nH]nc2c([N+](=O)[O-])cccc12. The summed E-state index contributed by atoms with van der Waals surface area (Å²) in [5.41, 5.74) is 0.321. The van der Waals surface area contributed by atoms with Crippen LogP contribution in [0.15, 0.2) is 18.2 Å². The fourth-order valence-electron chi connectivity index (χ4n) is 2.06. The molecule has 0 saturated carbocycles. The Kier molecular flexibility index (Phi) is 4.28. The molecule has 8 heteroatoms. The van der Waals surface area contributed by atoms with Gasteiger partial charge in [0.15, 0.2) is 5.52 Å². The van der Waals surface area contributed by atoms with E-state index in [0.29, 0.717) is 18.4 Å². The molecule has 0 radical (unpaired) electrons. The molecule has 1 heterocycles. The maximum absolute atomic E-state index is 10.9. The number of fused-ring (bicyclic) bond motifs is 1. The van der Waals surface area contributed by atoms with E-state index < -0.39 is 17.1 Å². The van der Waals surface area contributed by atoms with Gasteiger partial charge in [0.05, 0.1) is 16.7 Å². The van der Waals surface area contributed by atoms with Crippen LogP contribution in [0.5, 0.6) is 0 Å². The van der Waals surface area contributed by atoms with Gasteiger partial charge in [-0.3, -0.25) is 15.2 Å². The minimum atomic E-state index is -1.17. The summed E-state index contributed by atoms with van der Waals surface area (Å²) in [7, 11) is 1.74. The molecule has 0 saturated heterocycles. The van der Waals surface area contributed by atoms with Crippen LogP contribution in [-0.4, -0.2) is 45.0 Å². The Morgan fingerprint density at radius 2 is 2.25 bits per heavy atom. The van der Waals surface area contributed by atoms with E-state index in [9.17, 15) is 20.3 Å². The number of aromatic amines is 1. The van der Waals surface area contributed by atoms with Gasteiger partial charge in [0.1, 0.15) is 6.10 Å². The normalized spacial score (nSPS) is 14.3. The molecule has 0 amide bonds. The molecule has 0 aliphatic heterocycles. The lowest BCUT2D eigenvalue weighted by Crippen LogP contribution is -2.23. The first-order valence-electron chi connectivity index (χ1n) is 6.18. The Bertz CT molecular complexity index is 613. The number of aromatic nitrogens is 2. The standard InChI is InChI=1S/C12H16N4O4/c1-13-6-5-9(17)12(18)11-7-3-2-4-8(16(19)20)10(7)14-15-11/h2-4,9,12-13,17-18H,5-6H2,1H3,(H,14,15). The van der Waals surface area contributed by atoms with E-state index in [1.807, 2.05) is 0 Å². The second-order valence-corrected chi connectivity index (χ2v) is 4.47. The highest BCUT2D eigenvalue weighted by atomic mass is 16.6. The summed E-state index contributed by atoms with van der Waals surface area (Å²) in [4.78, 5) is 10.4. The predicted molar refractivity (Wildman–Crippen MR) is 72.3 cm³/mol. The van der Waals surface area contributed by atoms with Crippen molar-refractivity contribution in [1.29, 1.82) is 0 Å². The number of benzene rings is 1. The van der Waals surface area contributed by atoms with Crippen molar-refractivity contribution in [2.45, 2.75) is 18.6 Å². The second kappa shape index (κ2) is 5.95. The number of nitrogens with zero attached hydrogens (tertiary/aromatic N) is 2. The first-order valence-corrected chi connectivity index (χ1v) is 6.18. The van der Waals surface area contributed by atoms with E-state index in [4.69, 9.17) is 0 Å². The number of aliphatic hydroxyl groups excluding tert-OH is 2. The fourth-order valence-corrected chi connectivity index (χ4v) is 2.06. The summed E-state index contributed by atoms with van der Waals surface area (Å²) < 4.78 is 0. The van der Waals surface area contributed by atoms with Gasteiger partial charge in [0.2, 0.25) is 0 Å². The van der Waals surface area contributed by atoms with E-state index in [2.05, 4.69) is 15.5 Å². The minimum Gasteiger partial charge on any atom is -0.390 e. The molecular formula is C12H16N4O4. The van der Waals surface area contributed by atoms with Crippen molar-refractivity contribution in [3.63, 3.8) is 0 Å². The third kappa shape index (κ3) is 2.62. The van der Waals surface area contributed by atoms with Crippen molar-refractivity contribution in [3.8, 4) is 0 Å². The highest BCUT2D eigenvalue weighted by Gasteiger charge is 2.24. The van der Waals surface area contributed by atoms with E-state index in [1.54, 1.807) is 13.1 Å². The summed E-state index contributed by atoms with van der Waals surface area (Å²) >= 11 is 0. The lowest BCUT2D eigenvalue weighted by atomic mass is 10.0. The minimum absolute atomic E-state index is 0.137.